The second kappa shape index (κ2) is 8.50. The number of allylic oxidation sites excluding steroid dienone is 2. The molecule has 0 saturated carbocycles. The summed E-state index contributed by atoms with van der Waals surface area (Å²) in [6.07, 6.45) is 10.2. The number of nitrogens with one attached hydrogen (secondary N) is 1. The molecule has 0 amide bonds. The quantitative estimate of drug-likeness (QED) is 0.339. The summed E-state index contributed by atoms with van der Waals surface area (Å²) in [7, 11) is 0. The second-order valence-electron chi connectivity index (χ2n) is 7.38. The second-order valence-corrected chi connectivity index (χ2v) is 8.25. The normalized spacial score (nSPS) is 16.3. The molecule has 1 aliphatic rings. The Balaban J connectivity index is 1.51. The molecule has 5 rings (SSSR count). The molecule has 4 heteroatoms. The van der Waals surface area contributed by atoms with Crippen molar-refractivity contribution in [2.45, 2.75) is 6.10 Å². The van der Waals surface area contributed by atoms with E-state index in [0.717, 1.165) is 33.5 Å². The highest BCUT2D eigenvalue weighted by Crippen LogP contribution is 2.32. The molecule has 1 aliphatic heterocycles. The highest BCUT2D eigenvalue weighted by atomic mass is 35.5. The van der Waals surface area contributed by atoms with Gasteiger partial charge in [-0.2, -0.15) is 0 Å². The Morgan fingerprint density at radius 3 is 2.23 bits per heavy atom. The molecule has 31 heavy (non-hydrogen) atoms. The van der Waals surface area contributed by atoms with Crippen molar-refractivity contribution in [3.05, 3.63) is 124 Å². The van der Waals surface area contributed by atoms with Gasteiger partial charge >= 0.3 is 0 Å². The SMILES string of the molecule is Clc1ccc(C2=CC(/C=C/c3c[nH]c4ccccc34)OC(c3ccc(Cl)cc3)=C2)cc1. The summed E-state index contributed by atoms with van der Waals surface area (Å²) in [5, 5.41) is 2.60. The van der Waals surface area contributed by atoms with E-state index in [1.165, 1.54) is 5.39 Å². The first-order valence-corrected chi connectivity index (χ1v) is 10.8. The Bertz CT molecular complexity index is 1310. The highest BCUT2D eigenvalue weighted by Gasteiger charge is 2.17. The topological polar surface area (TPSA) is 25.0 Å². The number of halogens is 2. The molecule has 4 aromatic rings. The molecular weight excluding hydrogens is 425 g/mol. The fourth-order valence-electron chi connectivity index (χ4n) is 3.69. The summed E-state index contributed by atoms with van der Waals surface area (Å²) < 4.78 is 6.32. The Morgan fingerprint density at radius 1 is 0.806 bits per heavy atom. The molecule has 1 atom stereocenters. The molecule has 1 aromatic heterocycles. The molecule has 0 bridgehead atoms. The van der Waals surface area contributed by atoms with E-state index in [1.807, 2.05) is 66.9 Å². The first kappa shape index (κ1) is 19.7. The van der Waals surface area contributed by atoms with Gasteiger partial charge < -0.3 is 9.72 Å². The molecule has 1 unspecified atom stereocenters. The van der Waals surface area contributed by atoms with E-state index >= 15 is 0 Å². The first-order valence-electron chi connectivity index (χ1n) is 10.0. The molecule has 1 N–H and O–H groups in total. The number of fused-ring (bicyclic) bond motifs is 1. The molecule has 152 valence electrons. The molecule has 0 spiro atoms. The maximum absolute atomic E-state index is 6.32. The van der Waals surface area contributed by atoms with Gasteiger partial charge in [-0.15, -0.1) is 0 Å². The summed E-state index contributed by atoms with van der Waals surface area (Å²) in [5.41, 5.74) is 5.40. The predicted molar refractivity (Wildman–Crippen MR) is 131 cm³/mol. The van der Waals surface area contributed by atoms with Gasteiger partial charge in [-0.1, -0.05) is 59.6 Å². The Hall–Kier alpha value is -3.20. The van der Waals surface area contributed by atoms with Crippen molar-refractivity contribution >= 4 is 51.5 Å². The zero-order chi connectivity index (χ0) is 21.2. The van der Waals surface area contributed by atoms with E-state index in [1.54, 1.807) is 0 Å². The lowest BCUT2D eigenvalue weighted by Crippen LogP contribution is -2.11. The third-order valence-corrected chi connectivity index (χ3v) is 5.79. The smallest absolute Gasteiger partial charge is 0.136 e. The molecular formula is C27H19Cl2NO. The van der Waals surface area contributed by atoms with Crippen molar-refractivity contribution in [1.82, 2.24) is 4.98 Å². The lowest BCUT2D eigenvalue weighted by atomic mass is 9.99. The summed E-state index contributed by atoms with van der Waals surface area (Å²) >= 11 is 12.2. The first-order chi connectivity index (χ1) is 15.2. The fraction of sp³-hybridized carbons (Fsp3) is 0.0370. The average molecular weight is 444 g/mol. The largest absolute Gasteiger partial charge is 0.482 e. The van der Waals surface area contributed by atoms with Gasteiger partial charge in [-0.05, 0) is 77.4 Å². The van der Waals surface area contributed by atoms with Crippen molar-refractivity contribution in [3.8, 4) is 0 Å². The maximum Gasteiger partial charge on any atom is 0.136 e. The molecule has 3 aromatic carbocycles. The lowest BCUT2D eigenvalue weighted by Gasteiger charge is -2.22. The van der Waals surface area contributed by atoms with Crippen LogP contribution in [-0.2, 0) is 4.74 Å². The van der Waals surface area contributed by atoms with Gasteiger partial charge in [0.1, 0.15) is 11.9 Å². The number of ether oxygens (including phenoxy) is 1. The van der Waals surface area contributed by atoms with Gasteiger partial charge in [0.2, 0.25) is 0 Å². The Labute approximate surface area is 191 Å². The van der Waals surface area contributed by atoms with Crippen LogP contribution in [0, 0.1) is 0 Å². The van der Waals surface area contributed by atoms with Gasteiger partial charge in [-0.25, -0.2) is 0 Å². The molecule has 0 aliphatic carbocycles. The molecule has 0 radical (unpaired) electrons. The molecule has 0 fully saturated rings. The monoisotopic (exact) mass is 443 g/mol. The number of benzene rings is 3. The van der Waals surface area contributed by atoms with Crippen LogP contribution in [0.15, 0.2) is 97.2 Å². The van der Waals surface area contributed by atoms with Crippen LogP contribution < -0.4 is 0 Å². The van der Waals surface area contributed by atoms with Crippen LogP contribution in [0.25, 0.3) is 28.3 Å². The zero-order valence-corrected chi connectivity index (χ0v) is 18.1. The lowest BCUT2D eigenvalue weighted by molar-refractivity contribution is 0.253. The Kier molecular flexibility index (Phi) is 5.42. The van der Waals surface area contributed by atoms with Crippen molar-refractivity contribution in [2.24, 2.45) is 0 Å². The van der Waals surface area contributed by atoms with Crippen LogP contribution in [0.4, 0.5) is 0 Å². The van der Waals surface area contributed by atoms with Gasteiger partial charge in [0.25, 0.3) is 0 Å². The van der Waals surface area contributed by atoms with Crippen molar-refractivity contribution < 1.29 is 4.74 Å². The minimum Gasteiger partial charge on any atom is -0.482 e. The number of hydrogen-bond acceptors (Lipinski definition) is 1. The van der Waals surface area contributed by atoms with Crippen LogP contribution in [0.2, 0.25) is 10.0 Å². The van der Waals surface area contributed by atoms with Crippen molar-refractivity contribution in [1.29, 1.82) is 0 Å². The van der Waals surface area contributed by atoms with Gasteiger partial charge in [0.15, 0.2) is 0 Å². The number of para-hydroxylation sites is 1. The van der Waals surface area contributed by atoms with Gasteiger partial charge in [-0.3, -0.25) is 0 Å². The van der Waals surface area contributed by atoms with Gasteiger partial charge in [0.05, 0.1) is 0 Å². The minimum atomic E-state index is -0.213. The maximum atomic E-state index is 6.32. The van der Waals surface area contributed by atoms with Crippen LogP contribution in [0.3, 0.4) is 0 Å². The molecule has 2 heterocycles. The van der Waals surface area contributed by atoms with E-state index in [0.29, 0.717) is 10.0 Å². The third kappa shape index (κ3) is 4.32. The minimum absolute atomic E-state index is 0.213. The number of aromatic amines is 1. The summed E-state index contributed by atoms with van der Waals surface area (Å²) in [4.78, 5) is 3.31. The number of H-pyrrole nitrogens is 1. The van der Waals surface area contributed by atoms with Crippen LogP contribution in [-0.4, -0.2) is 11.1 Å². The third-order valence-electron chi connectivity index (χ3n) is 5.29. The number of aromatic nitrogens is 1. The average Bonchev–Trinajstić information content (AvgIpc) is 3.22. The van der Waals surface area contributed by atoms with E-state index in [2.05, 4.69) is 41.4 Å². The molecule has 0 saturated heterocycles. The molecule has 2 nitrogen and oxygen atoms in total. The van der Waals surface area contributed by atoms with Crippen molar-refractivity contribution in [3.63, 3.8) is 0 Å². The predicted octanol–water partition coefficient (Wildman–Crippen LogP) is 8.01. The fourth-order valence-corrected chi connectivity index (χ4v) is 3.95. The zero-order valence-electron chi connectivity index (χ0n) is 16.6. The van der Waals surface area contributed by atoms with E-state index in [9.17, 15) is 0 Å². The standard InChI is InChI=1S/C27H19Cl2NO/c28-22-10-5-18(6-11-22)21-15-24(31-27(16-21)19-7-12-23(29)13-8-19)14-9-20-17-30-26-4-2-1-3-25(20)26/h1-17,24,30H/b14-9+. The van der Waals surface area contributed by atoms with Crippen LogP contribution in [0.5, 0.6) is 0 Å². The van der Waals surface area contributed by atoms with Crippen LogP contribution in [0.1, 0.15) is 16.7 Å². The van der Waals surface area contributed by atoms with Gasteiger partial charge in [0, 0.05) is 32.7 Å². The number of rotatable bonds is 4. The summed E-state index contributed by atoms with van der Waals surface area (Å²) in [5.74, 6) is 0.803. The Morgan fingerprint density at radius 2 is 1.48 bits per heavy atom. The number of hydrogen-bond donors (Lipinski definition) is 1. The van der Waals surface area contributed by atoms with Crippen molar-refractivity contribution in [2.75, 3.05) is 0 Å². The van der Waals surface area contributed by atoms with Crippen LogP contribution >= 0.6 is 23.2 Å². The summed E-state index contributed by atoms with van der Waals surface area (Å²) in [6.45, 7) is 0. The van der Waals surface area contributed by atoms with E-state index in [-0.39, 0.29) is 6.10 Å². The summed E-state index contributed by atoms with van der Waals surface area (Å²) in [6, 6.07) is 23.8. The van der Waals surface area contributed by atoms with E-state index < -0.39 is 0 Å². The van der Waals surface area contributed by atoms with E-state index in [4.69, 9.17) is 27.9 Å². The highest BCUT2D eigenvalue weighted by molar-refractivity contribution is 6.30.